The third kappa shape index (κ3) is 4.26. The fourth-order valence-corrected chi connectivity index (χ4v) is 3.65. The van der Waals surface area contributed by atoms with Gasteiger partial charge in [0.15, 0.2) is 17.2 Å². The number of furan rings is 1. The molecule has 5 aromatic rings. The predicted octanol–water partition coefficient (Wildman–Crippen LogP) is 7.24. The molecule has 0 saturated carbocycles. The Morgan fingerprint density at radius 1 is 0.875 bits per heavy atom. The van der Waals surface area contributed by atoms with Crippen molar-refractivity contribution >= 4 is 45.9 Å². The summed E-state index contributed by atoms with van der Waals surface area (Å²) in [5.41, 5.74) is 3.77. The highest BCUT2D eigenvalue weighted by atomic mass is 35.5. The van der Waals surface area contributed by atoms with Gasteiger partial charge in [0.2, 0.25) is 0 Å². The number of carbonyl (C=O) groups excluding carboxylic acids is 1. The van der Waals surface area contributed by atoms with E-state index in [9.17, 15) is 4.79 Å². The van der Waals surface area contributed by atoms with E-state index in [2.05, 4.69) is 10.3 Å². The van der Waals surface area contributed by atoms with Crippen molar-refractivity contribution in [1.82, 2.24) is 4.98 Å². The number of benzene rings is 3. The first-order valence-corrected chi connectivity index (χ1v) is 10.6. The maximum absolute atomic E-state index is 12.7. The predicted molar refractivity (Wildman–Crippen MR) is 125 cm³/mol. The van der Waals surface area contributed by atoms with E-state index in [1.165, 1.54) is 0 Å². The Labute approximate surface area is 193 Å². The number of amides is 1. The standard InChI is InChI=1S/C25H16Cl2N2O3/c26-18-8-6-16(13-19(18)27)21-10-11-23(31-21)25(30)28-17-7-9-22-20(14-17)29-24(32-22)12-15-4-2-1-3-5-15/h1-11,13-14H,12H2,(H,28,30). The zero-order valence-corrected chi connectivity index (χ0v) is 18.2. The van der Waals surface area contributed by atoms with Gasteiger partial charge >= 0.3 is 0 Å². The Balaban J connectivity index is 1.32. The van der Waals surface area contributed by atoms with Gasteiger partial charge in [0.1, 0.15) is 11.3 Å². The van der Waals surface area contributed by atoms with E-state index in [1.54, 1.807) is 48.5 Å². The topological polar surface area (TPSA) is 68.3 Å². The van der Waals surface area contributed by atoms with Crippen LogP contribution in [0, 0.1) is 0 Å². The molecule has 2 aromatic heterocycles. The molecule has 0 radical (unpaired) electrons. The maximum Gasteiger partial charge on any atom is 0.291 e. The first kappa shape index (κ1) is 20.4. The molecule has 0 fully saturated rings. The van der Waals surface area contributed by atoms with Crippen LogP contribution >= 0.6 is 23.2 Å². The third-order valence-electron chi connectivity index (χ3n) is 4.92. The molecule has 0 atom stereocenters. The highest BCUT2D eigenvalue weighted by Gasteiger charge is 2.15. The molecule has 0 spiro atoms. The summed E-state index contributed by atoms with van der Waals surface area (Å²) >= 11 is 12.0. The molecule has 5 nitrogen and oxygen atoms in total. The van der Waals surface area contributed by atoms with Gasteiger partial charge in [-0.05, 0) is 54.1 Å². The minimum atomic E-state index is -0.372. The van der Waals surface area contributed by atoms with E-state index in [-0.39, 0.29) is 11.7 Å². The second kappa shape index (κ2) is 8.54. The maximum atomic E-state index is 12.7. The summed E-state index contributed by atoms with van der Waals surface area (Å²) in [4.78, 5) is 17.2. The van der Waals surface area contributed by atoms with Gasteiger partial charge < -0.3 is 14.2 Å². The van der Waals surface area contributed by atoms with Crippen LogP contribution in [0.15, 0.2) is 87.7 Å². The summed E-state index contributed by atoms with van der Waals surface area (Å²) in [5, 5.41) is 3.70. The van der Waals surface area contributed by atoms with E-state index in [1.807, 2.05) is 30.3 Å². The average molecular weight is 463 g/mol. The molecule has 0 aliphatic carbocycles. The van der Waals surface area contributed by atoms with Crippen molar-refractivity contribution in [2.45, 2.75) is 6.42 Å². The summed E-state index contributed by atoms with van der Waals surface area (Å²) < 4.78 is 11.5. The van der Waals surface area contributed by atoms with Crippen LogP contribution in [-0.4, -0.2) is 10.9 Å². The minimum absolute atomic E-state index is 0.177. The molecule has 1 N–H and O–H groups in total. The summed E-state index contributed by atoms with van der Waals surface area (Å²) in [6.45, 7) is 0. The number of aromatic nitrogens is 1. The van der Waals surface area contributed by atoms with Gasteiger partial charge in [-0.1, -0.05) is 53.5 Å². The molecular weight excluding hydrogens is 447 g/mol. The SMILES string of the molecule is O=C(Nc1ccc2oc(Cc3ccccc3)nc2c1)c1ccc(-c2ccc(Cl)c(Cl)c2)o1. The van der Waals surface area contributed by atoms with Crippen LogP contribution in [0.2, 0.25) is 10.0 Å². The highest BCUT2D eigenvalue weighted by molar-refractivity contribution is 6.42. The molecule has 5 rings (SSSR count). The zero-order valence-electron chi connectivity index (χ0n) is 16.6. The van der Waals surface area contributed by atoms with Crippen LogP contribution in [0.3, 0.4) is 0 Å². The summed E-state index contributed by atoms with van der Waals surface area (Å²) in [6, 6.07) is 23.8. The van der Waals surface area contributed by atoms with Crippen molar-refractivity contribution < 1.29 is 13.6 Å². The first-order chi connectivity index (χ1) is 15.5. The number of fused-ring (bicyclic) bond motifs is 1. The molecule has 0 saturated heterocycles. The normalized spacial score (nSPS) is 11.1. The number of hydrogen-bond donors (Lipinski definition) is 1. The van der Waals surface area contributed by atoms with Gasteiger partial charge in [-0.3, -0.25) is 4.79 Å². The third-order valence-corrected chi connectivity index (χ3v) is 5.66. The Hall–Kier alpha value is -3.54. The lowest BCUT2D eigenvalue weighted by Gasteiger charge is -2.03. The number of hydrogen-bond acceptors (Lipinski definition) is 4. The van der Waals surface area contributed by atoms with Gasteiger partial charge in [-0.2, -0.15) is 0 Å². The van der Waals surface area contributed by atoms with Crippen molar-refractivity contribution in [1.29, 1.82) is 0 Å². The quantitative estimate of drug-likeness (QED) is 0.298. The van der Waals surface area contributed by atoms with Gasteiger partial charge in [0.25, 0.3) is 5.91 Å². The second-order valence-corrected chi connectivity index (χ2v) is 8.01. The summed E-state index contributed by atoms with van der Waals surface area (Å²) in [7, 11) is 0. The fraction of sp³-hybridized carbons (Fsp3) is 0.0400. The molecule has 7 heteroatoms. The number of carbonyl (C=O) groups is 1. The van der Waals surface area contributed by atoms with Crippen LogP contribution in [0.5, 0.6) is 0 Å². The summed E-state index contributed by atoms with van der Waals surface area (Å²) in [6.07, 6.45) is 0.598. The molecule has 0 unspecified atom stereocenters. The van der Waals surface area contributed by atoms with Crippen LogP contribution in [0.25, 0.3) is 22.4 Å². The second-order valence-electron chi connectivity index (χ2n) is 7.20. The molecule has 0 aliphatic rings. The van der Waals surface area contributed by atoms with E-state index in [4.69, 9.17) is 32.0 Å². The molecule has 0 bridgehead atoms. The smallest absolute Gasteiger partial charge is 0.291 e. The lowest BCUT2D eigenvalue weighted by molar-refractivity contribution is 0.0997. The van der Waals surface area contributed by atoms with Crippen molar-refractivity contribution in [3.63, 3.8) is 0 Å². The molecule has 32 heavy (non-hydrogen) atoms. The number of rotatable bonds is 5. The fourth-order valence-electron chi connectivity index (χ4n) is 3.36. The largest absolute Gasteiger partial charge is 0.451 e. The van der Waals surface area contributed by atoms with Crippen molar-refractivity contribution in [3.8, 4) is 11.3 Å². The van der Waals surface area contributed by atoms with Crippen molar-refractivity contribution in [2.75, 3.05) is 5.32 Å². The van der Waals surface area contributed by atoms with Crippen molar-refractivity contribution in [2.24, 2.45) is 0 Å². The zero-order chi connectivity index (χ0) is 22.1. The average Bonchev–Trinajstić information content (AvgIpc) is 3.43. The monoisotopic (exact) mass is 462 g/mol. The highest BCUT2D eigenvalue weighted by Crippen LogP contribution is 2.30. The Morgan fingerprint density at radius 3 is 2.53 bits per heavy atom. The van der Waals surface area contributed by atoms with Crippen LogP contribution in [0.1, 0.15) is 22.0 Å². The minimum Gasteiger partial charge on any atom is -0.451 e. The van der Waals surface area contributed by atoms with E-state index >= 15 is 0 Å². The number of anilines is 1. The number of nitrogens with zero attached hydrogens (tertiary/aromatic N) is 1. The first-order valence-electron chi connectivity index (χ1n) is 9.85. The van der Waals surface area contributed by atoms with Crippen LogP contribution < -0.4 is 5.32 Å². The summed E-state index contributed by atoms with van der Waals surface area (Å²) in [5.74, 6) is 0.943. The Kier molecular flexibility index (Phi) is 5.43. The molecule has 1 amide bonds. The molecular formula is C25H16Cl2N2O3. The van der Waals surface area contributed by atoms with E-state index < -0.39 is 0 Å². The molecule has 2 heterocycles. The van der Waals surface area contributed by atoms with Gasteiger partial charge in [-0.15, -0.1) is 0 Å². The number of oxazole rings is 1. The lowest BCUT2D eigenvalue weighted by atomic mass is 10.1. The van der Waals surface area contributed by atoms with Gasteiger partial charge in [0, 0.05) is 17.7 Å². The molecule has 3 aromatic carbocycles. The molecule has 0 aliphatic heterocycles. The van der Waals surface area contributed by atoms with Crippen molar-refractivity contribution in [3.05, 3.63) is 106 Å². The number of halogens is 2. The van der Waals surface area contributed by atoms with Gasteiger partial charge in [0.05, 0.1) is 10.0 Å². The Morgan fingerprint density at radius 2 is 1.72 bits per heavy atom. The van der Waals surface area contributed by atoms with Gasteiger partial charge in [-0.25, -0.2) is 4.98 Å². The van der Waals surface area contributed by atoms with E-state index in [0.29, 0.717) is 44.9 Å². The number of nitrogens with one attached hydrogen (secondary N) is 1. The van der Waals surface area contributed by atoms with Crippen LogP contribution in [-0.2, 0) is 6.42 Å². The van der Waals surface area contributed by atoms with E-state index in [0.717, 1.165) is 11.1 Å². The Bertz CT molecular complexity index is 1420. The lowest BCUT2D eigenvalue weighted by Crippen LogP contribution is -2.10. The van der Waals surface area contributed by atoms with Crippen LogP contribution in [0.4, 0.5) is 5.69 Å². The molecule has 158 valence electrons.